The zero-order valence-corrected chi connectivity index (χ0v) is 14.3. The molecule has 0 aliphatic carbocycles. The van der Waals surface area contributed by atoms with Crippen LogP contribution in [0.4, 0.5) is 13.2 Å². The number of nitrogens with one attached hydrogen (secondary N) is 1. The molecule has 9 heteroatoms. The van der Waals surface area contributed by atoms with E-state index in [-0.39, 0.29) is 37.3 Å². The molecule has 0 spiro atoms. The molecule has 0 radical (unpaired) electrons. The van der Waals surface area contributed by atoms with Crippen molar-refractivity contribution in [3.8, 4) is 5.75 Å². The fraction of sp³-hybridized carbons (Fsp3) is 0.529. The predicted molar refractivity (Wildman–Crippen MR) is 86.7 cm³/mol. The second-order valence-electron chi connectivity index (χ2n) is 6.34. The number of hydrogen-bond acceptors (Lipinski definition) is 4. The topological polar surface area (TPSA) is 78.9 Å². The maximum absolute atomic E-state index is 12.4. The average Bonchev–Trinajstić information content (AvgIpc) is 2.92. The van der Waals surface area contributed by atoms with Gasteiger partial charge in [0.2, 0.25) is 5.91 Å². The second kappa shape index (κ2) is 8.39. The standard InChI is InChI=1S/C17H21F3N2O4/c1-11-8-22(9-14(11)16(24)25)10-15(23)21-6-7-26-13-4-2-12(3-5-13)17(18,19)20/h2-5,11,14H,6-10H2,1H3,(H,21,23)(H,24,25)/t11-,14-/m1/s1. The third kappa shape index (κ3) is 5.62. The van der Waals surface area contributed by atoms with Crippen LogP contribution in [0.15, 0.2) is 24.3 Å². The van der Waals surface area contributed by atoms with Gasteiger partial charge in [0.25, 0.3) is 0 Å². The van der Waals surface area contributed by atoms with Gasteiger partial charge < -0.3 is 15.2 Å². The lowest BCUT2D eigenvalue weighted by molar-refractivity contribution is -0.142. The van der Waals surface area contributed by atoms with Crippen LogP contribution in [0.2, 0.25) is 0 Å². The summed E-state index contributed by atoms with van der Waals surface area (Å²) < 4.78 is 42.6. The number of ether oxygens (including phenoxy) is 1. The third-order valence-corrected chi connectivity index (χ3v) is 4.25. The Kier molecular flexibility index (Phi) is 6.47. The summed E-state index contributed by atoms with van der Waals surface area (Å²) in [6.45, 7) is 3.15. The van der Waals surface area contributed by atoms with Gasteiger partial charge in [-0.2, -0.15) is 13.2 Å². The smallest absolute Gasteiger partial charge is 0.416 e. The van der Waals surface area contributed by atoms with Gasteiger partial charge in [-0.15, -0.1) is 0 Å². The van der Waals surface area contributed by atoms with Crippen LogP contribution < -0.4 is 10.1 Å². The molecular formula is C17H21F3N2O4. The molecule has 1 saturated heterocycles. The zero-order valence-electron chi connectivity index (χ0n) is 14.3. The fourth-order valence-corrected chi connectivity index (χ4v) is 2.88. The quantitative estimate of drug-likeness (QED) is 0.713. The van der Waals surface area contributed by atoms with Crippen LogP contribution in [0.25, 0.3) is 0 Å². The summed E-state index contributed by atoms with van der Waals surface area (Å²) in [5, 5.41) is 11.7. The van der Waals surface area contributed by atoms with Crippen LogP contribution >= 0.6 is 0 Å². The number of likely N-dealkylation sites (tertiary alicyclic amines) is 1. The monoisotopic (exact) mass is 374 g/mol. The number of amides is 1. The van der Waals surface area contributed by atoms with Gasteiger partial charge >= 0.3 is 12.1 Å². The van der Waals surface area contributed by atoms with Crippen molar-refractivity contribution in [3.05, 3.63) is 29.8 Å². The van der Waals surface area contributed by atoms with Gasteiger partial charge in [0.05, 0.1) is 24.6 Å². The Bertz CT molecular complexity index is 634. The molecule has 26 heavy (non-hydrogen) atoms. The molecule has 1 aliphatic heterocycles. The lowest BCUT2D eigenvalue weighted by atomic mass is 9.99. The molecular weight excluding hydrogens is 353 g/mol. The highest BCUT2D eigenvalue weighted by molar-refractivity contribution is 5.78. The molecule has 1 aromatic carbocycles. The van der Waals surface area contributed by atoms with E-state index in [2.05, 4.69) is 5.32 Å². The zero-order chi connectivity index (χ0) is 19.3. The molecule has 1 aliphatic rings. The van der Waals surface area contributed by atoms with E-state index in [9.17, 15) is 22.8 Å². The number of carboxylic acids is 1. The number of rotatable bonds is 7. The van der Waals surface area contributed by atoms with E-state index < -0.39 is 23.6 Å². The molecule has 2 N–H and O–H groups in total. The Hall–Kier alpha value is -2.29. The number of aliphatic carboxylic acids is 1. The van der Waals surface area contributed by atoms with Crippen LogP contribution in [-0.4, -0.2) is 54.7 Å². The first-order valence-electron chi connectivity index (χ1n) is 8.18. The molecule has 1 heterocycles. The molecule has 0 bridgehead atoms. The Morgan fingerprint density at radius 3 is 2.46 bits per heavy atom. The van der Waals surface area contributed by atoms with Gasteiger partial charge in [0.15, 0.2) is 0 Å². The molecule has 0 saturated carbocycles. The normalized spacial score (nSPS) is 20.8. The molecule has 2 rings (SSSR count). The van der Waals surface area contributed by atoms with E-state index >= 15 is 0 Å². The van der Waals surface area contributed by atoms with Gasteiger partial charge in [-0.3, -0.25) is 14.5 Å². The van der Waals surface area contributed by atoms with E-state index in [1.165, 1.54) is 12.1 Å². The van der Waals surface area contributed by atoms with E-state index in [1.54, 1.807) is 4.90 Å². The number of benzene rings is 1. The second-order valence-corrected chi connectivity index (χ2v) is 6.34. The minimum Gasteiger partial charge on any atom is -0.492 e. The van der Waals surface area contributed by atoms with E-state index in [0.29, 0.717) is 13.1 Å². The first-order valence-corrected chi connectivity index (χ1v) is 8.18. The highest BCUT2D eigenvalue weighted by Gasteiger charge is 2.35. The van der Waals surface area contributed by atoms with Gasteiger partial charge in [-0.25, -0.2) is 0 Å². The molecule has 6 nitrogen and oxygen atoms in total. The van der Waals surface area contributed by atoms with Crippen molar-refractivity contribution in [1.82, 2.24) is 10.2 Å². The Labute approximate surface area is 148 Å². The summed E-state index contributed by atoms with van der Waals surface area (Å²) in [7, 11) is 0. The lowest BCUT2D eigenvalue weighted by Gasteiger charge is -2.15. The Balaban J connectivity index is 1.67. The van der Waals surface area contributed by atoms with Crippen molar-refractivity contribution in [1.29, 1.82) is 0 Å². The Morgan fingerprint density at radius 1 is 1.27 bits per heavy atom. The third-order valence-electron chi connectivity index (χ3n) is 4.25. The number of carboxylic acid groups (broad SMARTS) is 1. The summed E-state index contributed by atoms with van der Waals surface area (Å²) in [6.07, 6.45) is -4.39. The number of alkyl halides is 3. The maximum Gasteiger partial charge on any atom is 0.416 e. The number of nitrogens with zero attached hydrogens (tertiary/aromatic N) is 1. The van der Waals surface area contributed by atoms with Crippen LogP contribution in [0.3, 0.4) is 0 Å². The first kappa shape index (κ1) is 20.0. The van der Waals surface area contributed by atoms with Crippen molar-refractivity contribution < 1.29 is 32.6 Å². The van der Waals surface area contributed by atoms with Crippen molar-refractivity contribution in [3.63, 3.8) is 0 Å². The number of hydrogen-bond donors (Lipinski definition) is 2. The SMILES string of the molecule is C[C@@H]1CN(CC(=O)NCCOc2ccc(C(F)(F)F)cc2)C[C@H]1C(=O)O. The summed E-state index contributed by atoms with van der Waals surface area (Å²) in [6, 6.07) is 4.31. The molecule has 2 atom stereocenters. The molecule has 0 aromatic heterocycles. The van der Waals surface area contributed by atoms with Gasteiger partial charge in [-0.1, -0.05) is 6.92 Å². The maximum atomic E-state index is 12.4. The summed E-state index contributed by atoms with van der Waals surface area (Å²) in [5.41, 5.74) is -0.752. The first-order chi connectivity index (χ1) is 12.2. The van der Waals surface area contributed by atoms with Crippen LogP contribution in [0, 0.1) is 11.8 Å². The number of carbonyl (C=O) groups excluding carboxylic acids is 1. The summed E-state index contributed by atoms with van der Waals surface area (Å²) in [4.78, 5) is 24.7. The van der Waals surface area contributed by atoms with Gasteiger partial charge in [0.1, 0.15) is 12.4 Å². The van der Waals surface area contributed by atoms with E-state index in [1.807, 2.05) is 6.92 Å². The molecule has 1 fully saturated rings. The number of carbonyl (C=O) groups is 2. The molecule has 1 aromatic rings. The summed E-state index contributed by atoms with van der Waals surface area (Å²) in [5.74, 6) is -1.30. The lowest BCUT2D eigenvalue weighted by Crippen LogP contribution is -2.38. The highest BCUT2D eigenvalue weighted by atomic mass is 19.4. The van der Waals surface area contributed by atoms with E-state index in [0.717, 1.165) is 12.1 Å². The van der Waals surface area contributed by atoms with Crippen molar-refractivity contribution >= 4 is 11.9 Å². The minimum absolute atomic E-state index is 0.0108. The predicted octanol–water partition coefficient (Wildman–Crippen LogP) is 1.85. The van der Waals surface area contributed by atoms with Crippen LogP contribution in [-0.2, 0) is 15.8 Å². The molecule has 0 unspecified atom stereocenters. The van der Waals surface area contributed by atoms with Crippen molar-refractivity contribution in [2.24, 2.45) is 11.8 Å². The Morgan fingerprint density at radius 2 is 1.92 bits per heavy atom. The summed E-state index contributed by atoms with van der Waals surface area (Å²) >= 11 is 0. The van der Waals surface area contributed by atoms with Crippen LogP contribution in [0.1, 0.15) is 12.5 Å². The van der Waals surface area contributed by atoms with Gasteiger partial charge in [-0.05, 0) is 30.2 Å². The average molecular weight is 374 g/mol. The van der Waals surface area contributed by atoms with E-state index in [4.69, 9.17) is 9.84 Å². The van der Waals surface area contributed by atoms with Crippen molar-refractivity contribution in [2.75, 3.05) is 32.8 Å². The fourth-order valence-electron chi connectivity index (χ4n) is 2.88. The minimum atomic E-state index is -4.39. The van der Waals surface area contributed by atoms with Crippen molar-refractivity contribution in [2.45, 2.75) is 13.1 Å². The molecule has 1 amide bonds. The highest BCUT2D eigenvalue weighted by Crippen LogP contribution is 2.30. The largest absolute Gasteiger partial charge is 0.492 e. The van der Waals surface area contributed by atoms with Gasteiger partial charge in [0, 0.05) is 13.1 Å². The molecule has 144 valence electrons. The number of halogens is 3. The van der Waals surface area contributed by atoms with Crippen LogP contribution in [0.5, 0.6) is 5.75 Å².